The number of aryl methyl sites for hydroxylation is 1. The van der Waals surface area contributed by atoms with Gasteiger partial charge in [-0.1, -0.05) is 42.5 Å². The van der Waals surface area contributed by atoms with Gasteiger partial charge in [0.15, 0.2) is 6.17 Å². The molecule has 6 nitrogen and oxygen atoms in total. The lowest BCUT2D eigenvalue weighted by molar-refractivity contribution is 0.196. The molecule has 2 aromatic carbocycles. The van der Waals surface area contributed by atoms with E-state index >= 15 is 0 Å². The smallest absolute Gasteiger partial charge is 0.337 e. The Labute approximate surface area is 128 Å². The average molecular weight is 296 g/mol. The van der Waals surface area contributed by atoms with Gasteiger partial charge in [-0.2, -0.15) is 5.01 Å². The SMILES string of the molecule is Cc1cccc(N2C(O)=NN(C(N)=O)C2c2ccccc2)c1. The van der Waals surface area contributed by atoms with E-state index in [0.717, 1.165) is 21.8 Å². The molecule has 1 atom stereocenters. The van der Waals surface area contributed by atoms with Crippen LogP contribution in [0.15, 0.2) is 59.7 Å². The van der Waals surface area contributed by atoms with Crippen LogP contribution in [0.2, 0.25) is 0 Å². The summed E-state index contributed by atoms with van der Waals surface area (Å²) in [5, 5.41) is 15.2. The second kappa shape index (κ2) is 5.40. The number of amidine groups is 1. The molecule has 6 heteroatoms. The van der Waals surface area contributed by atoms with Crippen LogP contribution < -0.4 is 10.6 Å². The van der Waals surface area contributed by atoms with Crippen LogP contribution in [-0.2, 0) is 0 Å². The molecule has 22 heavy (non-hydrogen) atoms. The minimum absolute atomic E-state index is 0.266. The van der Waals surface area contributed by atoms with Crippen molar-refractivity contribution < 1.29 is 9.90 Å². The second-order valence-corrected chi connectivity index (χ2v) is 5.08. The van der Waals surface area contributed by atoms with Crippen LogP contribution in [0.3, 0.4) is 0 Å². The van der Waals surface area contributed by atoms with Crippen LogP contribution in [0.5, 0.6) is 0 Å². The van der Waals surface area contributed by atoms with Gasteiger partial charge in [0.1, 0.15) is 0 Å². The molecule has 0 spiro atoms. The van der Waals surface area contributed by atoms with Crippen molar-refractivity contribution in [2.24, 2.45) is 10.8 Å². The molecular weight excluding hydrogens is 280 g/mol. The zero-order chi connectivity index (χ0) is 15.7. The van der Waals surface area contributed by atoms with E-state index in [-0.39, 0.29) is 6.02 Å². The van der Waals surface area contributed by atoms with Crippen molar-refractivity contribution in [3.05, 3.63) is 65.7 Å². The third kappa shape index (κ3) is 2.35. The number of primary amides is 1. The van der Waals surface area contributed by atoms with Gasteiger partial charge in [-0.3, -0.25) is 4.90 Å². The van der Waals surface area contributed by atoms with Gasteiger partial charge in [0.05, 0.1) is 0 Å². The molecule has 0 fully saturated rings. The number of nitrogens with zero attached hydrogens (tertiary/aromatic N) is 3. The van der Waals surface area contributed by atoms with E-state index < -0.39 is 12.2 Å². The highest BCUT2D eigenvalue weighted by molar-refractivity contribution is 5.95. The zero-order valence-electron chi connectivity index (χ0n) is 12.0. The standard InChI is InChI=1S/C16H16N4O2/c1-11-6-5-9-13(10-11)19-14(12-7-3-2-4-8-12)20(15(17)21)18-16(19)22/h2-10,14H,1H3,(H2,17,21)(H,18,22). The van der Waals surface area contributed by atoms with Crippen molar-refractivity contribution in [1.82, 2.24) is 5.01 Å². The zero-order valence-corrected chi connectivity index (χ0v) is 12.0. The first-order chi connectivity index (χ1) is 10.6. The highest BCUT2D eigenvalue weighted by Gasteiger charge is 2.39. The van der Waals surface area contributed by atoms with Gasteiger partial charge >= 0.3 is 12.1 Å². The maximum Gasteiger partial charge on any atom is 0.337 e. The van der Waals surface area contributed by atoms with E-state index in [1.807, 2.05) is 61.5 Å². The molecule has 0 aromatic heterocycles. The summed E-state index contributed by atoms with van der Waals surface area (Å²) in [6.45, 7) is 1.96. The number of urea groups is 1. The number of amides is 2. The van der Waals surface area contributed by atoms with Gasteiger partial charge in [0.2, 0.25) is 0 Å². The van der Waals surface area contributed by atoms with Crippen LogP contribution in [0.1, 0.15) is 17.3 Å². The summed E-state index contributed by atoms with van der Waals surface area (Å²) in [7, 11) is 0. The molecule has 0 bridgehead atoms. The summed E-state index contributed by atoms with van der Waals surface area (Å²) in [5.41, 5.74) is 7.97. The summed E-state index contributed by atoms with van der Waals surface area (Å²) < 4.78 is 0. The van der Waals surface area contributed by atoms with Crippen molar-refractivity contribution in [3.8, 4) is 0 Å². The molecular formula is C16H16N4O2. The first kappa shape index (κ1) is 13.9. The van der Waals surface area contributed by atoms with Gasteiger partial charge in [0.25, 0.3) is 0 Å². The summed E-state index contributed by atoms with van der Waals surface area (Å²) in [4.78, 5) is 13.3. The highest BCUT2D eigenvalue weighted by Crippen LogP contribution is 2.35. The number of carbonyl (C=O) groups excluding carboxylic acids is 1. The predicted molar refractivity (Wildman–Crippen MR) is 84.3 cm³/mol. The van der Waals surface area contributed by atoms with E-state index in [2.05, 4.69) is 5.10 Å². The number of anilines is 1. The van der Waals surface area contributed by atoms with Crippen molar-refractivity contribution in [2.75, 3.05) is 4.90 Å². The van der Waals surface area contributed by atoms with Crippen LogP contribution in [0, 0.1) is 6.92 Å². The summed E-state index contributed by atoms with van der Waals surface area (Å²) in [6.07, 6.45) is -0.611. The lowest BCUT2D eigenvalue weighted by Gasteiger charge is -2.29. The molecule has 1 unspecified atom stereocenters. The molecule has 112 valence electrons. The minimum atomic E-state index is -0.726. The largest absolute Gasteiger partial charge is 0.479 e. The fourth-order valence-electron chi connectivity index (χ4n) is 2.54. The Hall–Kier alpha value is -3.02. The van der Waals surface area contributed by atoms with E-state index in [4.69, 9.17) is 5.73 Å². The molecule has 2 amide bonds. The number of aliphatic hydroxyl groups is 1. The Bertz CT molecular complexity index is 730. The number of carbonyl (C=O) groups is 1. The number of nitrogens with two attached hydrogens (primary N) is 1. The summed E-state index contributed by atoms with van der Waals surface area (Å²) in [5.74, 6) is 0. The Morgan fingerprint density at radius 1 is 1.18 bits per heavy atom. The minimum Gasteiger partial charge on any atom is -0.479 e. The lowest BCUT2D eigenvalue weighted by Crippen LogP contribution is -2.39. The van der Waals surface area contributed by atoms with Gasteiger partial charge < -0.3 is 10.8 Å². The van der Waals surface area contributed by atoms with Gasteiger partial charge in [-0.05, 0) is 30.2 Å². The first-order valence-electron chi connectivity index (χ1n) is 6.85. The molecule has 1 heterocycles. The second-order valence-electron chi connectivity index (χ2n) is 5.08. The number of rotatable bonds is 2. The summed E-state index contributed by atoms with van der Waals surface area (Å²) in [6, 6.07) is 15.9. The van der Waals surface area contributed by atoms with Crippen LogP contribution in [0.4, 0.5) is 10.5 Å². The van der Waals surface area contributed by atoms with Crippen molar-refractivity contribution in [2.45, 2.75) is 13.1 Å². The predicted octanol–water partition coefficient (Wildman–Crippen LogP) is 2.72. The van der Waals surface area contributed by atoms with Crippen LogP contribution >= 0.6 is 0 Å². The lowest BCUT2D eigenvalue weighted by atomic mass is 10.1. The van der Waals surface area contributed by atoms with E-state index in [9.17, 15) is 9.90 Å². The van der Waals surface area contributed by atoms with Crippen LogP contribution in [0.25, 0.3) is 0 Å². The molecule has 2 aromatic rings. The van der Waals surface area contributed by atoms with E-state index in [1.54, 1.807) is 4.90 Å². The Morgan fingerprint density at radius 2 is 1.91 bits per heavy atom. The van der Waals surface area contributed by atoms with Crippen molar-refractivity contribution in [3.63, 3.8) is 0 Å². The van der Waals surface area contributed by atoms with E-state index in [1.165, 1.54) is 0 Å². The number of hydrazone groups is 1. The monoisotopic (exact) mass is 296 g/mol. The van der Waals surface area contributed by atoms with Crippen molar-refractivity contribution in [1.29, 1.82) is 0 Å². The Morgan fingerprint density at radius 3 is 2.55 bits per heavy atom. The molecule has 0 radical (unpaired) electrons. The molecule has 0 saturated carbocycles. The first-order valence-corrected chi connectivity index (χ1v) is 6.85. The number of aliphatic hydroxyl groups excluding tert-OH is 1. The third-order valence-electron chi connectivity index (χ3n) is 3.49. The van der Waals surface area contributed by atoms with Crippen LogP contribution in [-0.4, -0.2) is 22.2 Å². The molecule has 3 rings (SSSR count). The maximum atomic E-state index is 11.7. The molecule has 1 aliphatic rings. The number of hydrogen-bond acceptors (Lipinski definition) is 3. The van der Waals surface area contributed by atoms with Crippen molar-refractivity contribution >= 4 is 17.7 Å². The maximum absolute atomic E-state index is 11.7. The average Bonchev–Trinajstić information content (AvgIpc) is 2.86. The Kier molecular flexibility index (Phi) is 3.42. The van der Waals surface area contributed by atoms with Gasteiger partial charge in [0, 0.05) is 5.69 Å². The quantitative estimate of drug-likeness (QED) is 0.894. The van der Waals surface area contributed by atoms with Gasteiger partial charge in [-0.15, -0.1) is 5.10 Å². The number of benzene rings is 2. The Balaban J connectivity index is 2.10. The van der Waals surface area contributed by atoms with E-state index in [0.29, 0.717) is 0 Å². The molecule has 3 N–H and O–H groups in total. The fraction of sp³-hybridized carbons (Fsp3) is 0.125. The molecule has 0 saturated heterocycles. The molecule has 1 aliphatic heterocycles. The number of hydrogen-bond donors (Lipinski definition) is 2. The third-order valence-corrected chi connectivity index (χ3v) is 3.49. The normalized spacial score (nSPS) is 17.5. The molecule has 0 aliphatic carbocycles. The fourth-order valence-corrected chi connectivity index (χ4v) is 2.54. The topological polar surface area (TPSA) is 82.2 Å². The van der Waals surface area contributed by atoms with Gasteiger partial charge in [-0.25, -0.2) is 4.79 Å². The summed E-state index contributed by atoms with van der Waals surface area (Å²) >= 11 is 0. The highest BCUT2D eigenvalue weighted by atomic mass is 16.3.